The van der Waals surface area contributed by atoms with Crippen molar-refractivity contribution < 1.29 is 14.8 Å². The Morgan fingerprint density at radius 2 is 1.11 bits per heavy atom. The van der Waals surface area contributed by atoms with E-state index in [-0.39, 0.29) is 32.6 Å². The molecule has 2 heterocycles. The van der Waals surface area contributed by atoms with Crippen LogP contribution in [0, 0.1) is 30.3 Å². The minimum absolute atomic E-state index is 0.120. The zero-order chi connectivity index (χ0) is 19.6. The standard InChI is InChI=1S/C14H5N5O8/c20-13-5-1-4(17(22)23)2-6-9(5)10-11(15-13)7(18(24)25)3-8(19(26)27)12(10)16-14(6)21/h1-3H,(H,15,20)(H,16,21). The average molecular weight is 371 g/mol. The predicted molar refractivity (Wildman–Crippen MR) is 91.4 cm³/mol. The molecule has 0 unspecified atom stereocenters. The summed E-state index contributed by atoms with van der Waals surface area (Å²) < 4.78 is 0. The van der Waals surface area contributed by atoms with Crippen molar-refractivity contribution in [2.45, 2.75) is 0 Å². The lowest BCUT2D eigenvalue weighted by Gasteiger charge is -2.10. The van der Waals surface area contributed by atoms with Crippen molar-refractivity contribution in [3.63, 3.8) is 0 Å². The van der Waals surface area contributed by atoms with Crippen LogP contribution >= 0.6 is 0 Å². The van der Waals surface area contributed by atoms with E-state index in [2.05, 4.69) is 9.97 Å². The second-order valence-electron chi connectivity index (χ2n) is 5.64. The van der Waals surface area contributed by atoms with Gasteiger partial charge < -0.3 is 9.97 Å². The summed E-state index contributed by atoms with van der Waals surface area (Å²) in [5.41, 5.74) is -4.47. The molecule has 0 aliphatic carbocycles. The Hall–Kier alpha value is -4.42. The van der Waals surface area contributed by atoms with Gasteiger partial charge in [-0.15, -0.1) is 0 Å². The van der Waals surface area contributed by atoms with Gasteiger partial charge in [-0.1, -0.05) is 0 Å². The van der Waals surface area contributed by atoms with E-state index in [0.717, 1.165) is 12.1 Å². The van der Waals surface area contributed by atoms with E-state index in [9.17, 15) is 39.9 Å². The fraction of sp³-hybridized carbons (Fsp3) is 0. The molecule has 13 nitrogen and oxygen atoms in total. The van der Waals surface area contributed by atoms with Gasteiger partial charge in [0.2, 0.25) is 0 Å². The number of aromatic amines is 2. The van der Waals surface area contributed by atoms with Crippen molar-refractivity contribution in [2.24, 2.45) is 0 Å². The van der Waals surface area contributed by atoms with Crippen molar-refractivity contribution in [3.8, 4) is 0 Å². The molecular formula is C14H5N5O8. The highest BCUT2D eigenvalue weighted by molar-refractivity contribution is 6.24. The zero-order valence-corrected chi connectivity index (χ0v) is 12.8. The van der Waals surface area contributed by atoms with Crippen molar-refractivity contribution in [3.05, 3.63) is 69.2 Å². The number of H-pyrrole nitrogens is 2. The third kappa shape index (κ3) is 2.05. The van der Waals surface area contributed by atoms with Gasteiger partial charge in [-0.3, -0.25) is 39.9 Å². The Morgan fingerprint density at radius 1 is 0.667 bits per heavy atom. The summed E-state index contributed by atoms with van der Waals surface area (Å²) >= 11 is 0. The van der Waals surface area contributed by atoms with Crippen LogP contribution in [-0.2, 0) is 0 Å². The normalized spacial score (nSPS) is 11.4. The van der Waals surface area contributed by atoms with Crippen LogP contribution in [0.5, 0.6) is 0 Å². The molecule has 13 heteroatoms. The Labute approximate surface area is 144 Å². The summed E-state index contributed by atoms with van der Waals surface area (Å²) in [6.45, 7) is 0. The first kappa shape index (κ1) is 16.1. The van der Waals surface area contributed by atoms with Crippen LogP contribution in [0.1, 0.15) is 0 Å². The lowest BCUT2D eigenvalue weighted by molar-refractivity contribution is -0.392. The van der Waals surface area contributed by atoms with Crippen molar-refractivity contribution in [1.82, 2.24) is 9.97 Å². The first-order valence-electron chi connectivity index (χ1n) is 7.16. The number of pyridine rings is 2. The van der Waals surface area contributed by atoms with E-state index >= 15 is 0 Å². The quantitative estimate of drug-likeness (QED) is 0.308. The molecule has 0 saturated carbocycles. The molecule has 0 bridgehead atoms. The molecule has 0 spiro atoms. The largest absolute Gasteiger partial charge is 0.316 e. The maximum absolute atomic E-state index is 12.4. The smallest absolute Gasteiger partial charge is 0.300 e. The number of non-ortho nitro benzene ring substituents is 3. The molecule has 0 aliphatic heterocycles. The minimum atomic E-state index is -0.907. The first-order chi connectivity index (χ1) is 12.7. The molecule has 0 amide bonds. The molecule has 2 N–H and O–H groups in total. The van der Waals surface area contributed by atoms with Crippen LogP contribution in [0.4, 0.5) is 17.1 Å². The molecule has 4 aromatic rings. The van der Waals surface area contributed by atoms with Crippen LogP contribution < -0.4 is 11.1 Å². The van der Waals surface area contributed by atoms with Crippen molar-refractivity contribution in [2.75, 3.05) is 0 Å². The number of hydrogen-bond acceptors (Lipinski definition) is 8. The maximum Gasteiger partial charge on any atom is 0.300 e. The van der Waals surface area contributed by atoms with Gasteiger partial charge in [0.25, 0.3) is 28.2 Å². The number of nitro benzene ring substituents is 3. The summed E-state index contributed by atoms with van der Waals surface area (Å²) in [6, 6.07) is 2.45. The summed E-state index contributed by atoms with van der Waals surface area (Å²) in [7, 11) is 0. The number of nitrogens with zero attached hydrogens (tertiary/aromatic N) is 3. The topological polar surface area (TPSA) is 195 Å². The van der Waals surface area contributed by atoms with Gasteiger partial charge in [-0.05, 0) is 0 Å². The first-order valence-corrected chi connectivity index (χ1v) is 7.16. The molecule has 0 fully saturated rings. The number of hydrogen-bond donors (Lipinski definition) is 2. The van der Waals surface area contributed by atoms with Gasteiger partial charge in [0.1, 0.15) is 11.0 Å². The molecular weight excluding hydrogens is 366 g/mol. The van der Waals surface area contributed by atoms with E-state index in [1.54, 1.807) is 0 Å². The molecule has 27 heavy (non-hydrogen) atoms. The van der Waals surface area contributed by atoms with Gasteiger partial charge in [0.05, 0.1) is 31.6 Å². The van der Waals surface area contributed by atoms with Crippen LogP contribution in [0.3, 0.4) is 0 Å². The van der Waals surface area contributed by atoms with Crippen LogP contribution in [0.2, 0.25) is 0 Å². The van der Waals surface area contributed by atoms with Crippen molar-refractivity contribution in [1.29, 1.82) is 0 Å². The number of benzene rings is 2. The SMILES string of the molecule is O=c1[nH]c2c([N+](=O)[O-])cc([N+](=O)[O-])c3[nH]c(=O)c4cc([N+](=O)[O-])cc1c4c23. The van der Waals surface area contributed by atoms with Gasteiger partial charge in [-0.2, -0.15) is 0 Å². The Bertz CT molecular complexity index is 1350. The highest BCUT2D eigenvalue weighted by Gasteiger charge is 2.29. The fourth-order valence-electron chi connectivity index (χ4n) is 3.17. The van der Waals surface area contributed by atoms with E-state index in [0.29, 0.717) is 6.07 Å². The molecule has 2 aromatic heterocycles. The average Bonchev–Trinajstić information content (AvgIpc) is 2.59. The van der Waals surface area contributed by atoms with Gasteiger partial charge >= 0.3 is 0 Å². The molecule has 4 rings (SSSR count). The summed E-state index contributed by atoms with van der Waals surface area (Å²) in [6.07, 6.45) is 0. The van der Waals surface area contributed by atoms with E-state index in [4.69, 9.17) is 0 Å². The Morgan fingerprint density at radius 3 is 1.48 bits per heavy atom. The summed E-state index contributed by atoms with van der Waals surface area (Å²) in [4.78, 5) is 60.4. The van der Waals surface area contributed by atoms with Crippen LogP contribution in [0.15, 0.2) is 27.8 Å². The van der Waals surface area contributed by atoms with Gasteiger partial charge in [-0.25, -0.2) is 0 Å². The third-order valence-corrected chi connectivity index (χ3v) is 4.23. The molecule has 0 atom stereocenters. The third-order valence-electron chi connectivity index (χ3n) is 4.23. The molecule has 0 aliphatic rings. The lowest BCUT2D eigenvalue weighted by atomic mass is 9.99. The lowest BCUT2D eigenvalue weighted by Crippen LogP contribution is -2.15. The number of aromatic nitrogens is 2. The number of nitrogens with one attached hydrogen (secondary N) is 2. The number of rotatable bonds is 3. The second kappa shape index (κ2) is 5.04. The number of nitro groups is 3. The van der Waals surface area contributed by atoms with Crippen molar-refractivity contribution >= 4 is 49.6 Å². The predicted octanol–water partition coefficient (Wildman–Crippen LogP) is 1.69. The van der Waals surface area contributed by atoms with Gasteiger partial charge in [0, 0.05) is 22.9 Å². The van der Waals surface area contributed by atoms with E-state index in [1.165, 1.54) is 0 Å². The summed E-state index contributed by atoms with van der Waals surface area (Å²) in [5.74, 6) is 0. The molecule has 134 valence electrons. The molecule has 0 saturated heterocycles. The monoisotopic (exact) mass is 371 g/mol. The van der Waals surface area contributed by atoms with E-state index < -0.39 is 43.0 Å². The minimum Gasteiger partial charge on any atom is -0.316 e. The molecule has 2 aromatic carbocycles. The molecule has 0 radical (unpaired) electrons. The second-order valence-corrected chi connectivity index (χ2v) is 5.64. The summed E-state index contributed by atoms with van der Waals surface area (Å²) in [5, 5.41) is 33.0. The van der Waals surface area contributed by atoms with Crippen LogP contribution in [0.25, 0.3) is 32.6 Å². The maximum atomic E-state index is 12.4. The fourth-order valence-corrected chi connectivity index (χ4v) is 3.17. The highest BCUT2D eigenvalue weighted by Crippen LogP contribution is 2.39. The van der Waals surface area contributed by atoms with Gasteiger partial charge in [0.15, 0.2) is 0 Å². The zero-order valence-electron chi connectivity index (χ0n) is 12.8. The van der Waals surface area contributed by atoms with Crippen LogP contribution in [-0.4, -0.2) is 24.7 Å². The Kier molecular flexibility index (Phi) is 3.00. The Balaban J connectivity index is 2.44. The van der Waals surface area contributed by atoms with E-state index in [1.807, 2.05) is 0 Å². The highest BCUT2D eigenvalue weighted by atomic mass is 16.6.